The topological polar surface area (TPSA) is 65.5 Å². The van der Waals surface area contributed by atoms with Gasteiger partial charge in [0.1, 0.15) is 5.01 Å². The van der Waals surface area contributed by atoms with E-state index in [-0.39, 0.29) is 6.04 Å². The summed E-state index contributed by atoms with van der Waals surface area (Å²) in [4.78, 5) is 17.3. The Morgan fingerprint density at radius 2 is 2.22 bits per heavy atom. The van der Waals surface area contributed by atoms with Crippen molar-refractivity contribution >= 4 is 17.4 Å². The van der Waals surface area contributed by atoms with Crippen molar-refractivity contribution in [1.82, 2.24) is 15.2 Å². The van der Waals surface area contributed by atoms with E-state index in [1.54, 1.807) is 0 Å². The molecule has 1 amide bonds. The van der Waals surface area contributed by atoms with E-state index >= 15 is 0 Å². The molecule has 0 radical (unpaired) electrons. The van der Waals surface area contributed by atoms with E-state index in [1.807, 2.05) is 40.1 Å². The van der Waals surface area contributed by atoms with Crippen molar-refractivity contribution < 1.29 is 9.90 Å². The number of carboxylic acid groups (broad SMARTS) is 1. The van der Waals surface area contributed by atoms with Gasteiger partial charge in [-0.2, -0.15) is 0 Å². The molecule has 0 saturated carbocycles. The van der Waals surface area contributed by atoms with Gasteiger partial charge in [-0.1, -0.05) is 0 Å². The zero-order valence-corrected chi connectivity index (χ0v) is 12.3. The van der Waals surface area contributed by atoms with Crippen molar-refractivity contribution in [2.75, 3.05) is 7.05 Å². The smallest absolute Gasteiger partial charge is 0.408 e. The summed E-state index contributed by atoms with van der Waals surface area (Å²) in [6.45, 7) is 8.24. The summed E-state index contributed by atoms with van der Waals surface area (Å²) in [6, 6.07) is -0.238. The molecule has 0 aliphatic heterocycles. The third-order valence-corrected chi connectivity index (χ3v) is 3.66. The second-order valence-electron chi connectivity index (χ2n) is 5.21. The van der Waals surface area contributed by atoms with Crippen molar-refractivity contribution in [3.63, 3.8) is 0 Å². The molecule has 0 bridgehead atoms. The summed E-state index contributed by atoms with van der Waals surface area (Å²) in [5.41, 5.74) is 0.503. The monoisotopic (exact) mass is 271 g/mol. The van der Waals surface area contributed by atoms with Crippen LogP contribution in [0.2, 0.25) is 0 Å². The number of thiazole rings is 1. The SMILES string of the molecule is CNCc1csc([C@H](C)N(C(=O)O)C(C)(C)C)n1. The molecule has 5 nitrogen and oxygen atoms in total. The number of aromatic nitrogens is 1. The first-order chi connectivity index (χ1) is 8.27. The molecule has 0 spiro atoms. The van der Waals surface area contributed by atoms with Crippen LogP contribution in [0.5, 0.6) is 0 Å². The molecular formula is C12H21N3O2S. The van der Waals surface area contributed by atoms with Gasteiger partial charge in [0.25, 0.3) is 0 Å². The zero-order chi connectivity index (χ0) is 13.9. The third-order valence-electron chi connectivity index (χ3n) is 2.60. The minimum Gasteiger partial charge on any atom is -0.465 e. The Labute approximate surface area is 112 Å². The van der Waals surface area contributed by atoms with Gasteiger partial charge in [0, 0.05) is 17.5 Å². The molecule has 0 fully saturated rings. The molecule has 1 rings (SSSR count). The van der Waals surface area contributed by atoms with Crippen molar-refractivity contribution in [3.05, 3.63) is 16.1 Å². The summed E-state index contributed by atoms with van der Waals surface area (Å²) < 4.78 is 0. The summed E-state index contributed by atoms with van der Waals surface area (Å²) >= 11 is 1.50. The Bertz CT molecular complexity index is 412. The highest BCUT2D eigenvalue weighted by Gasteiger charge is 2.32. The van der Waals surface area contributed by atoms with E-state index in [0.29, 0.717) is 6.54 Å². The molecule has 18 heavy (non-hydrogen) atoms. The number of amides is 1. The molecule has 1 aromatic rings. The molecule has 6 heteroatoms. The summed E-state index contributed by atoms with van der Waals surface area (Å²) in [5.74, 6) is 0. The average molecular weight is 271 g/mol. The molecule has 1 heterocycles. The lowest BCUT2D eigenvalue weighted by Gasteiger charge is -2.37. The molecule has 1 atom stereocenters. The molecule has 1 aromatic heterocycles. The van der Waals surface area contributed by atoms with Gasteiger partial charge < -0.3 is 10.4 Å². The van der Waals surface area contributed by atoms with Gasteiger partial charge in [-0.25, -0.2) is 9.78 Å². The maximum atomic E-state index is 11.4. The van der Waals surface area contributed by atoms with E-state index < -0.39 is 11.6 Å². The predicted octanol–water partition coefficient (Wildman–Crippen LogP) is 2.70. The van der Waals surface area contributed by atoms with Crippen LogP contribution in [-0.4, -0.2) is 33.7 Å². The summed E-state index contributed by atoms with van der Waals surface area (Å²) in [6.07, 6.45) is -0.916. The number of hydrogen-bond acceptors (Lipinski definition) is 4. The summed E-state index contributed by atoms with van der Waals surface area (Å²) in [5, 5.41) is 15.2. The molecule has 102 valence electrons. The normalized spacial score (nSPS) is 13.4. The van der Waals surface area contributed by atoms with Gasteiger partial charge >= 0.3 is 6.09 Å². The molecule has 0 aliphatic rings. The van der Waals surface area contributed by atoms with Crippen LogP contribution in [0.3, 0.4) is 0 Å². The molecule has 2 N–H and O–H groups in total. The van der Waals surface area contributed by atoms with Gasteiger partial charge in [-0.15, -0.1) is 11.3 Å². The predicted molar refractivity (Wildman–Crippen MR) is 72.9 cm³/mol. The highest BCUT2D eigenvalue weighted by Crippen LogP contribution is 2.29. The van der Waals surface area contributed by atoms with Crippen LogP contribution in [0.25, 0.3) is 0 Å². The van der Waals surface area contributed by atoms with E-state index in [4.69, 9.17) is 0 Å². The van der Waals surface area contributed by atoms with Crippen LogP contribution in [0.15, 0.2) is 5.38 Å². The van der Waals surface area contributed by atoms with Gasteiger partial charge in [0.2, 0.25) is 0 Å². The van der Waals surface area contributed by atoms with Crippen molar-refractivity contribution in [2.45, 2.75) is 45.8 Å². The lowest BCUT2D eigenvalue weighted by Crippen LogP contribution is -2.46. The first-order valence-corrected chi connectivity index (χ1v) is 6.76. The molecule has 0 aliphatic carbocycles. The van der Waals surface area contributed by atoms with Crippen molar-refractivity contribution in [1.29, 1.82) is 0 Å². The number of carbonyl (C=O) groups is 1. The van der Waals surface area contributed by atoms with Gasteiger partial charge in [-0.3, -0.25) is 4.90 Å². The van der Waals surface area contributed by atoms with Crippen molar-refractivity contribution in [3.8, 4) is 0 Å². The van der Waals surface area contributed by atoms with Gasteiger partial charge in [0.15, 0.2) is 0 Å². The van der Waals surface area contributed by atoms with E-state index in [1.165, 1.54) is 16.2 Å². The van der Waals surface area contributed by atoms with E-state index in [2.05, 4.69) is 10.3 Å². The Balaban J connectivity index is 2.95. The van der Waals surface area contributed by atoms with Crippen LogP contribution in [0.4, 0.5) is 4.79 Å². The zero-order valence-electron chi connectivity index (χ0n) is 11.5. The standard InChI is InChI=1S/C12H21N3O2S/c1-8(15(11(16)17)12(2,3)4)10-14-9(6-13-5)7-18-10/h7-8,13H,6H2,1-5H3,(H,16,17)/t8-/m0/s1. The first kappa shape index (κ1) is 14.9. The molecule has 0 saturated heterocycles. The van der Waals surface area contributed by atoms with Crippen LogP contribution in [-0.2, 0) is 6.54 Å². The van der Waals surface area contributed by atoms with Crippen LogP contribution >= 0.6 is 11.3 Å². The van der Waals surface area contributed by atoms with E-state index in [9.17, 15) is 9.90 Å². The van der Waals surface area contributed by atoms with Crippen LogP contribution in [0.1, 0.15) is 44.4 Å². The number of nitrogens with zero attached hydrogens (tertiary/aromatic N) is 2. The highest BCUT2D eigenvalue weighted by atomic mass is 32.1. The van der Waals surface area contributed by atoms with Crippen LogP contribution < -0.4 is 5.32 Å². The number of hydrogen-bond donors (Lipinski definition) is 2. The third kappa shape index (κ3) is 3.43. The minimum absolute atomic E-state index is 0.238. The fourth-order valence-electron chi connectivity index (χ4n) is 1.92. The Morgan fingerprint density at radius 1 is 1.61 bits per heavy atom. The molecule has 0 unspecified atom stereocenters. The minimum atomic E-state index is -0.916. The van der Waals surface area contributed by atoms with E-state index in [0.717, 1.165) is 10.7 Å². The Kier molecular flexibility index (Phi) is 4.70. The Morgan fingerprint density at radius 3 is 2.67 bits per heavy atom. The summed E-state index contributed by atoms with van der Waals surface area (Å²) in [7, 11) is 1.86. The first-order valence-electron chi connectivity index (χ1n) is 5.88. The quantitative estimate of drug-likeness (QED) is 0.883. The van der Waals surface area contributed by atoms with Crippen molar-refractivity contribution in [2.24, 2.45) is 0 Å². The molecular weight excluding hydrogens is 250 g/mol. The maximum absolute atomic E-state index is 11.4. The molecule has 0 aromatic carbocycles. The fourth-order valence-corrected chi connectivity index (χ4v) is 2.79. The number of nitrogens with one attached hydrogen (secondary N) is 1. The van der Waals surface area contributed by atoms with Crippen LogP contribution in [0, 0.1) is 0 Å². The Hall–Kier alpha value is -1.14. The average Bonchev–Trinajstić information content (AvgIpc) is 2.63. The number of rotatable bonds is 4. The lowest BCUT2D eigenvalue weighted by molar-refractivity contribution is 0.0751. The fraction of sp³-hybridized carbons (Fsp3) is 0.667. The van der Waals surface area contributed by atoms with Gasteiger partial charge in [-0.05, 0) is 34.7 Å². The largest absolute Gasteiger partial charge is 0.465 e. The second kappa shape index (κ2) is 5.67. The lowest BCUT2D eigenvalue weighted by atomic mass is 10.0. The maximum Gasteiger partial charge on any atom is 0.408 e. The van der Waals surface area contributed by atoms with Gasteiger partial charge in [0.05, 0.1) is 11.7 Å². The second-order valence-corrected chi connectivity index (χ2v) is 6.10. The highest BCUT2D eigenvalue weighted by molar-refractivity contribution is 7.09.